The van der Waals surface area contributed by atoms with Gasteiger partial charge in [0.2, 0.25) is 0 Å². The normalized spacial score (nSPS) is 18.1. The van der Waals surface area contributed by atoms with E-state index in [2.05, 4.69) is 80.4 Å². The van der Waals surface area contributed by atoms with Gasteiger partial charge in [0.15, 0.2) is 5.82 Å². The van der Waals surface area contributed by atoms with Crippen molar-refractivity contribution in [1.29, 1.82) is 0 Å². The van der Waals surface area contributed by atoms with Gasteiger partial charge in [-0.15, -0.1) is 10.2 Å². The molecule has 1 unspecified atom stereocenters. The second-order valence-electron chi connectivity index (χ2n) is 7.07. The van der Waals surface area contributed by atoms with Crippen LogP contribution in [0.4, 0.5) is 0 Å². The maximum atomic E-state index is 4.00. The Morgan fingerprint density at radius 1 is 1.13 bits per heavy atom. The van der Waals surface area contributed by atoms with E-state index in [1.54, 1.807) is 0 Å². The smallest absolute Gasteiger partial charge is 0.174 e. The van der Waals surface area contributed by atoms with Crippen LogP contribution in [0, 0.1) is 23.7 Å². The zero-order valence-electron chi connectivity index (χ0n) is 15.7. The first-order valence-corrected chi connectivity index (χ1v) is 8.95. The summed E-state index contributed by atoms with van der Waals surface area (Å²) >= 11 is 0. The van der Waals surface area contributed by atoms with Gasteiger partial charge in [-0.25, -0.2) is 0 Å². The van der Waals surface area contributed by atoms with Gasteiger partial charge >= 0.3 is 0 Å². The highest BCUT2D eigenvalue weighted by Gasteiger charge is 2.18. The number of H-pyrrole nitrogens is 1. The van der Waals surface area contributed by atoms with Gasteiger partial charge in [0, 0.05) is 6.42 Å². The lowest BCUT2D eigenvalue weighted by Crippen LogP contribution is -2.17. The van der Waals surface area contributed by atoms with E-state index in [0.29, 0.717) is 23.7 Å². The number of nitrogens with zero attached hydrogens (tertiary/aromatic N) is 3. The first kappa shape index (κ1) is 19.6. The number of aromatic amines is 1. The molecule has 4 nitrogen and oxygen atoms in total. The summed E-state index contributed by atoms with van der Waals surface area (Å²) in [7, 11) is 0. The van der Waals surface area contributed by atoms with Crippen molar-refractivity contribution < 1.29 is 0 Å². The number of aryl methyl sites for hydroxylation is 1. The summed E-state index contributed by atoms with van der Waals surface area (Å²) in [6.45, 7) is 13.8. The largest absolute Gasteiger partial charge is 0.177 e. The number of hydrogen-bond acceptors (Lipinski definition) is 3. The summed E-state index contributed by atoms with van der Waals surface area (Å²) in [5, 5.41) is 14.1. The molecule has 0 aliphatic heterocycles. The summed E-state index contributed by atoms with van der Waals surface area (Å²) in [4.78, 5) is 0. The predicted octanol–water partition coefficient (Wildman–Crippen LogP) is 4.98. The molecule has 0 aliphatic rings. The van der Waals surface area contributed by atoms with Crippen molar-refractivity contribution >= 4 is 0 Å². The molecule has 0 saturated carbocycles. The van der Waals surface area contributed by atoms with E-state index >= 15 is 0 Å². The van der Waals surface area contributed by atoms with Gasteiger partial charge in [-0.2, -0.15) is 5.21 Å². The molecule has 0 radical (unpaired) electrons. The lowest BCUT2D eigenvalue weighted by Gasteiger charge is -2.26. The highest BCUT2D eigenvalue weighted by molar-refractivity contribution is 5.02. The fourth-order valence-corrected chi connectivity index (χ4v) is 2.81. The van der Waals surface area contributed by atoms with Crippen LogP contribution in [0.2, 0.25) is 0 Å². The summed E-state index contributed by atoms with van der Waals surface area (Å²) in [6, 6.07) is 0. The molecule has 0 aromatic carbocycles. The summed E-state index contributed by atoms with van der Waals surface area (Å²) in [5.74, 6) is 3.56. The monoisotopic (exact) mass is 318 g/mol. The number of hydrogen-bond donors (Lipinski definition) is 1. The van der Waals surface area contributed by atoms with E-state index in [4.69, 9.17) is 0 Å². The van der Waals surface area contributed by atoms with Crippen molar-refractivity contribution in [3.63, 3.8) is 0 Å². The molecule has 130 valence electrons. The van der Waals surface area contributed by atoms with Crippen molar-refractivity contribution in [3.05, 3.63) is 29.6 Å². The average molecular weight is 319 g/mol. The van der Waals surface area contributed by atoms with Crippen LogP contribution < -0.4 is 0 Å². The van der Waals surface area contributed by atoms with Gasteiger partial charge in [0.25, 0.3) is 0 Å². The van der Waals surface area contributed by atoms with Crippen LogP contribution in [0.15, 0.2) is 23.8 Å². The minimum absolute atomic E-state index is 0.654. The Kier molecular flexibility index (Phi) is 8.82. The summed E-state index contributed by atoms with van der Waals surface area (Å²) in [5.41, 5.74) is 1.50. The number of nitrogens with one attached hydrogen (secondary N) is 1. The topological polar surface area (TPSA) is 54.5 Å². The average Bonchev–Trinajstić information content (AvgIpc) is 3.07. The first-order chi connectivity index (χ1) is 11.0. The van der Waals surface area contributed by atoms with Crippen LogP contribution >= 0.6 is 0 Å². The third kappa shape index (κ3) is 7.10. The van der Waals surface area contributed by atoms with Crippen LogP contribution in [-0.2, 0) is 6.42 Å². The molecule has 1 rings (SSSR count). The van der Waals surface area contributed by atoms with Crippen molar-refractivity contribution in [1.82, 2.24) is 20.6 Å². The highest BCUT2D eigenvalue weighted by atomic mass is 15.5. The maximum absolute atomic E-state index is 4.00. The Balaban J connectivity index is 2.26. The van der Waals surface area contributed by atoms with E-state index in [-0.39, 0.29) is 0 Å². The van der Waals surface area contributed by atoms with E-state index in [0.717, 1.165) is 25.1 Å². The minimum atomic E-state index is 0.654. The van der Waals surface area contributed by atoms with Crippen molar-refractivity contribution in [2.45, 2.75) is 67.2 Å². The molecule has 1 aromatic heterocycles. The lowest BCUT2D eigenvalue weighted by molar-refractivity contribution is 0.311. The second-order valence-corrected chi connectivity index (χ2v) is 7.07. The van der Waals surface area contributed by atoms with E-state index in [1.807, 2.05) is 0 Å². The third-order valence-corrected chi connectivity index (χ3v) is 5.32. The summed E-state index contributed by atoms with van der Waals surface area (Å²) in [6.07, 6.45) is 11.3. The SMILES string of the molecule is C/C=C(\C)[C@H](C)[C@@H](C)[C@H](C)C/C=C/CC(C)CCc1nn[nH]n1. The standard InChI is InChI=1S/C19H34N4/c1-7-15(3)17(5)18(6)16(4)11-9-8-10-14(2)12-13-19-20-22-23-21-19/h7-9,14,16-18H,10-13H2,1-6H3,(H,20,21,22,23)/b9-8+,15-7+/t14?,16-,17+,18+/m1/s1. The lowest BCUT2D eigenvalue weighted by atomic mass is 9.79. The molecule has 0 amide bonds. The molecule has 1 aromatic rings. The Morgan fingerprint density at radius 3 is 2.43 bits per heavy atom. The van der Waals surface area contributed by atoms with Gasteiger partial charge in [0.1, 0.15) is 0 Å². The van der Waals surface area contributed by atoms with Crippen LogP contribution in [0.25, 0.3) is 0 Å². The van der Waals surface area contributed by atoms with E-state index < -0.39 is 0 Å². The molecule has 1 heterocycles. The maximum Gasteiger partial charge on any atom is 0.174 e. The minimum Gasteiger partial charge on any atom is -0.177 e. The van der Waals surface area contributed by atoms with Gasteiger partial charge in [-0.05, 0) is 56.8 Å². The van der Waals surface area contributed by atoms with Crippen LogP contribution in [0.1, 0.15) is 66.6 Å². The zero-order valence-corrected chi connectivity index (χ0v) is 15.7. The molecule has 4 heteroatoms. The van der Waals surface area contributed by atoms with Gasteiger partial charge in [-0.3, -0.25) is 0 Å². The third-order valence-electron chi connectivity index (χ3n) is 5.32. The number of rotatable bonds is 10. The van der Waals surface area contributed by atoms with Crippen molar-refractivity contribution in [2.75, 3.05) is 0 Å². The Bertz CT molecular complexity index is 476. The number of aromatic nitrogens is 4. The molecular weight excluding hydrogens is 284 g/mol. The predicted molar refractivity (Wildman–Crippen MR) is 97.0 cm³/mol. The first-order valence-electron chi connectivity index (χ1n) is 8.95. The molecule has 0 saturated heterocycles. The number of tetrazole rings is 1. The van der Waals surface area contributed by atoms with Crippen molar-refractivity contribution in [3.8, 4) is 0 Å². The molecular formula is C19H34N4. The van der Waals surface area contributed by atoms with Gasteiger partial charge in [0.05, 0.1) is 0 Å². The number of allylic oxidation sites excluding steroid dienone is 4. The van der Waals surface area contributed by atoms with Gasteiger partial charge < -0.3 is 0 Å². The van der Waals surface area contributed by atoms with Crippen LogP contribution in [0.3, 0.4) is 0 Å². The molecule has 1 N–H and O–H groups in total. The van der Waals surface area contributed by atoms with Crippen LogP contribution in [0.5, 0.6) is 0 Å². The van der Waals surface area contributed by atoms with Crippen molar-refractivity contribution in [2.24, 2.45) is 23.7 Å². The highest BCUT2D eigenvalue weighted by Crippen LogP contribution is 2.28. The summed E-state index contributed by atoms with van der Waals surface area (Å²) < 4.78 is 0. The molecule has 0 fully saturated rings. The fourth-order valence-electron chi connectivity index (χ4n) is 2.81. The fraction of sp³-hybridized carbons (Fsp3) is 0.737. The molecule has 4 atom stereocenters. The van der Waals surface area contributed by atoms with Crippen LogP contribution in [-0.4, -0.2) is 20.6 Å². The Morgan fingerprint density at radius 2 is 1.83 bits per heavy atom. The molecule has 0 aliphatic carbocycles. The van der Waals surface area contributed by atoms with Gasteiger partial charge in [-0.1, -0.05) is 56.7 Å². The van der Waals surface area contributed by atoms with E-state index in [9.17, 15) is 0 Å². The molecule has 23 heavy (non-hydrogen) atoms. The second kappa shape index (κ2) is 10.3. The zero-order chi connectivity index (χ0) is 17.2. The molecule has 0 bridgehead atoms. The Labute approximate surface area is 141 Å². The quantitative estimate of drug-likeness (QED) is 0.619. The Hall–Kier alpha value is -1.45. The molecule has 0 spiro atoms. The van der Waals surface area contributed by atoms with E-state index in [1.165, 1.54) is 12.0 Å².